The van der Waals surface area contributed by atoms with Gasteiger partial charge in [-0.3, -0.25) is 4.79 Å². The fourth-order valence-electron chi connectivity index (χ4n) is 1.23. The van der Waals surface area contributed by atoms with Crippen molar-refractivity contribution in [1.29, 1.82) is 0 Å². The van der Waals surface area contributed by atoms with Crippen LogP contribution in [0.2, 0.25) is 0 Å². The Morgan fingerprint density at radius 3 is 3.17 bits per heavy atom. The molecule has 0 aromatic heterocycles. The zero-order valence-electron chi connectivity index (χ0n) is 7.43. The van der Waals surface area contributed by atoms with Crippen LogP contribution in [0.25, 0.3) is 0 Å². The van der Waals surface area contributed by atoms with Gasteiger partial charge >= 0.3 is 0 Å². The van der Waals surface area contributed by atoms with Gasteiger partial charge in [-0.15, -0.1) is 0 Å². The molecule has 0 saturated carbocycles. The summed E-state index contributed by atoms with van der Waals surface area (Å²) in [7, 11) is 1.62. The minimum atomic E-state index is -0.0550. The monoisotopic (exact) mass is 172 g/mol. The number of piperidine rings is 1. The molecule has 1 fully saturated rings. The van der Waals surface area contributed by atoms with Crippen LogP contribution in [0.1, 0.15) is 12.8 Å². The molecular formula is C8H16N2O2. The smallest absolute Gasteiger partial charge is 0.245 e. The molecule has 0 unspecified atom stereocenters. The summed E-state index contributed by atoms with van der Waals surface area (Å²) in [5.41, 5.74) is 0. The average molecular weight is 172 g/mol. The highest BCUT2D eigenvalue weighted by molar-refractivity contribution is 5.76. The van der Waals surface area contributed by atoms with Crippen molar-refractivity contribution >= 4 is 5.91 Å². The number of ether oxygens (including phenoxy) is 1. The summed E-state index contributed by atoms with van der Waals surface area (Å²) in [4.78, 5) is 10.8. The highest BCUT2D eigenvalue weighted by Gasteiger charge is 2.13. The number of likely N-dealkylation sites (N-methyl/N-ethyl adjacent to an activating group) is 1. The normalized spacial score (nSPS) is 23.6. The van der Waals surface area contributed by atoms with Crippen LogP contribution in [0.3, 0.4) is 0 Å². The summed E-state index contributed by atoms with van der Waals surface area (Å²) in [6, 6.07) is 0. The molecule has 2 N–H and O–H groups in total. The Balaban J connectivity index is 2.09. The van der Waals surface area contributed by atoms with Gasteiger partial charge in [0, 0.05) is 13.6 Å². The second-order valence-corrected chi connectivity index (χ2v) is 2.95. The average Bonchev–Trinajstić information content (AvgIpc) is 2.16. The molecule has 4 heteroatoms. The van der Waals surface area contributed by atoms with E-state index in [1.165, 1.54) is 0 Å². The van der Waals surface area contributed by atoms with Gasteiger partial charge in [0.2, 0.25) is 5.91 Å². The minimum absolute atomic E-state index is 0.0550. The zero-order valence-corrected chi connectivity index (χ0v) is 7.43. The molecule has 0 aromatic rings. The van der Waals surface area contributed by atoms with Gasteiger partial charge in [-0.1, -0.05) is 0 Å². The fraction of sp³-hybridized carbons (Fsp3) is 0.875. The molecule has 1 aliphatic heterocycles. The van der Waals surface area contributed by atoms with Crippen molar-refractivity contribution in [2.75, 3.05) is 26.7 Å². The van der Waals surface area contributed by atoms with E-state index < -0.39 is 0 Å². The molecule has 1 saturated heterocycles. The third-order valence-corrected chi connectivity index (χ3v) is 1.98. The van der Waals surface area contributed by atoms with Gasteiger partial charge in [-0.05, 0) is 19.4 Å². The van der Waals surface area contributed by atoms with E-state index >= 15 is 0 Å². The lowest BCUT2D eigenvalue weighted by Crippen LogP contribution is -2.37. The van der Waals surface area contributed by atoms with E-state index in [2.05, 4.69) is 10.6 Å². The molecule has 70 valence electrons. The zero-order chi connectivity index (χ0) is 8.81. The van der Waals surface area contributed by atoms with E-state index in [-0.39, 0.29) is 18.6 Å². The molecular weight excluding hydrogens is 156 g/mol. The van der Waals surface area contributed by atoms with Gasteiger partial charge < -0.3 is 15.4 Å². The van der Waals surface area contributed by atoms with Gasteiger partial charge in [0.25, 0.3) is 0 Å². The SMILES string of the molecule is CNC(=O)CO[C@H]1CCCNC1. The first-order valence-corrected chi connectivity index (χ1v) is 4.36. The standard InChI is InChI=1S/C8H16N2O2/c1-9-8(11)6-12-7-3-2-4-10-5-7/h7,10H,2-6H2,1H3,(H,9,11)/t7-/m0/s1. The predicted octanol–water partition coefficient (Wildman–Crippen LogP) is -0.499. The topological polar surface area (TPSA) is 50.4 Å². The Morgan fingerprint density at radius 2 is 2.58 bits per heavy atom. The van der Waals surface area contributed by atoms with Crippen molar-refractivity contribution in [3.63, 3.8) is 0 Å². The molecule has 0 bridgehead atoms. The maximum absolute atomic E-state index is 10.8. The van der Waals surface area contributed by atoms with Crippen molar-refractivity contribution in [3.8, 4) is 0 Å². The summed E-state index contributed by atoms with van der Waals surface area (Å²) >= 11 is 0. The van der Waals surface area contributed by atoms with Crippen molar-refractivity contribution in [2.24, 2.45) is 0 Å². The Hall–Kier alpha value is -0.610. The van der Waals surface area contributed by atoms with Crippen LogP contribution in [-0.2, 0) is 9.53 Å². The Labute approximate surface area is 72.7 Å². The Bertz CT molecular complexity index is 144. The van der Waals surface area contributed by atoms with E-state index in [4.69, 9.17) is 4.74 Å². The van der Waals surface area contributed by atoms with Crippen molar-refractivity contribution in [3.05, 3.63) is 0 Å². The van der Waals surface area contributed by atoms with E-state index in [0.717, 1.165) is 25.9 Å². The van der Waals surface area contributed by atoms with Crippen LogP contribution in [0.5, 0.6) is 0 Å². The molecule has 1 heterocycles. The van der Waals surface area contributed by atoms with E-state index in [1.807, 2.05) is 0 Å². The van der Waals surface area contributed by atoms with Crippen LogP contribution in [0.4, 0.5) is 0 Å². The lowest BCUT2D eigenvalue weighted by atomic mass is 10.1. The van der Waals surface area contributed by atoms with E-state index in [1.54, 1.807) is 7.05 Å². The van der Waals surface area contributed by atoms with Gasteiger partial charge in [0.15, 0.2) is 0 Å². The number of carbonyl (C=O) groups is 1. The predicted molar refractivity (Wildman–Crippen MR) is 45.9 cm³/mol. The first-order valence-electron chi connectivity index (χ1n) is 4.36. The summed E-state index contributed by atoms with van der Waals surface area (Å²) in [5, 5.41) is 5.74. The van der Waals surface area contributed by atoms with Crippen molar-refractivity contribution in [2.45, 2.75) is 18.9 Å². The third-order valence-electron chi connectivity index (χ3n) is 1.98. The van der Waals surface area contributed by atoms with Gasteiger partial charge in [0.1, 0.15) is 6.61 Å². The molecule has 1 atom stereocenters. The second kappa shape index (κ2) is 5.11. The van der Waals surface area contributed by atoms with Crippen LogP contribution >= 0.6 is 0 Å². The fourth-order valence-corrected chi connectivity index (χ4v) is 1.23. The van der Waals surface area contributed by atoms with Crippen LogP contribution < -0.4 is 10.6 Å². The first-order chi connectivity index (χ1) is 5.83. The molecule has 4 nitrogen and oxygen atoms in total. The highest BCUT2D eigenvalue weighted by Crippen LogP contribution is 2.04. The number of hydrogen-bond acceptors (Lipinski definition) is 3. The second-order valence-electron chi connectivity index (χ2n) is 2.95. The molecule has 0 aliphatic carbocycles. The van der Waals surface area contributed by atoms with E-state index in [0.29, 0.717) is 0 Å². The van der Waals surface area contributed by atoms with Gasteiger partial charge in [-0.25, -0.2) is 0 Å². The van der Waals surface area contributed by atoms with Crippen molar-refractivity contribution < 1.29 is 9.53 Å². The quantitative estimate of drug-likeness (QED) is 0.603. The van der Waals surface area contributed by atoms with E-state index in [9.17, 15) is 4.79 Å². The summed E-state index contributed by atoms with van der Waals surface area (Å²) in [6.45, 7) is 2.12. The third kappa shape index (κ3) is 3.19. The minimum Gasteiger partial charge on any atom is -0.367 e. The molecule has 1 amide bonds. The summed E-state index contributed by atoms with van der Waals surface area (Å²) in [5.74, 6) is -0.0550. The number of hydrogen-bond donors (Lipinski definition) is 2. The highest BCUT2D eigenvalue weighted by atomic mass is 16.5. The Morgan fingerprint density at radius 1 is 1.75 bits per heavy atom. The van der Waals surface area contributed by atoms with Crippen LogP contribution in [0.15, 0.2) is 0 Å². The summed E-state index contributed by atoms with van der Waals surface area (Å²) < 4.78 is 5.36. The van der Waals surface area contributed by atoms with Gasteiger partial charge in [0.05, 0.1) is 6.10 Å². The molecule has 12 heavy (non-hydrogen) atoms. The molecule has 1 aliphatic rings. The lowest BCUT2D eigenvalue weighted by Gasteiger charge is -2.22. The number of nitrogens with one attached hydrogen (secondary N) is 2. The largest absolute Gasteiger partial charge is 0.367 e. The molecule has 0 radical (unpaired) electrons. The first kappa shape index (κ1) is 9.48. The maximum Gasteiger partial charge on any atom is 0.245 e. The van der Waals surface area contributed by atoms with Crippen molar-refractivity contribution in [1.82, 2.24) is 10.6 Å². The van der Waals surface area contributed by atoms with Crippen LogP contribution in [-0.4, -0.2) is 38.8 Å². The molecule has 1 rings (SSSR count). The maximum atomic E-state index is 10.8. The Kier molecular flexibility index (Phi) is 4.04. The number of rotatable bonds is 3. The van der Waals surface area contributed by atoms with Crippen LogP contribution in [0, 0.1) is 0 Å². The molecule has 0 spiro atoms. The number of amides is 1. The van der Waals surface area contributed by atoms with Gasteiger partial charge in [-0.2, -0.15) is 0 Å². The number of carbonyl (C=O) groups excluding carboxylic acids is 1. The summed E-state index contributed by atoms with van der Waals surface area (Å²) in [6.07, 6.45) is 2.42. The molecule has 0 aromatic carbocycles. The lowest BCUT2D eigenvalue weighted by molar-refractivity contribution is -0.127.